The van der Waals surface area contributed by atoms with E-state index in [2.05, 4.69) is 27.7 Å². The Kier molecular flexibility index (Phi) is 6.97. The lowest BCUT2D eigenvalue weighted by Gasteiger charge is -2.10. The van der Waals surface area contributed by atoms with Gasteiger partial charge in [0.2, 0.25) is 0 Å². The highest BCUT2D eigenvalue weighted by molar-refractivity contribution is 5.06. The maximum Gasteiger partial charge on any atom is 0.0543 e. The highest BCUT2D eigenvalue weighted by Gasteiger charge is 2.03. The van der Waals surface area contributed by atoms with Crippen LogP contribution in [0, 0.1) is 0 Å². The van der Waals surface area contributed by atoms with Crippen LogP contribution in [0.4, 0.5) is 0 Å². The van der Waals surface area contributed by atoms with Crippen LogP contribution in [0.15, 0.2) is 11.1 Å². The number of unbranched alkanes of at least 4 members (excludes halogenated alkanes) is 1. The van der Waals surface area contributed by atoms with Gasteiger partial charge in [-0.05, 0) is 40.0 Å². The molecule has 0 rings (SSSR count). The Balaban J connectivity index is 3.58. The van der Waals surface area contributed by atoms with Crippen LogP contribution < -0.4 is 0 Å². The summed E-state index contributed by atoms with van der Waals surface area (Å²) in [5.41, 5.74) is 2.82. The fourth-order valence-electron chi connectivity index (χ4n) is 1.22. The first-order valence-corrected chi connectivity index (χ1v) is 5.39. The summed E-state index contributed by atoms with van der Waals surface area (Å²) in [6.07, 6.45) is 5.18. The van der Waals surface area contributed by atoms with Gasteiger partial charge in [0.25, 0.3) is 0 Å². The smallest absolute Gasteiger partial charge is 0.0543 e. The van der Waals surface area contributed by atoms with Crippen LogP contribution in [0.1, 0.15) is 59.8 Å². The predicted molar refractivity (Wildman–Crippen MR) is 58.8 cm³/mol. The monoisotopic (exact) mass is 184 g/mol. The van der Waals surface area contributed by atoms with E-state index in [4.69, 9.17) is 0 Å². The molecule has 1 nitrogen and oxygen atoms in total. The fraction of sp³-hybridized carbons (Fsp3) is 0.833. The second kappa shape index (κ2) is 7.14. The lowest BCUT2D eigenvalue weighted by Crippen LogP contribution is -2.06. The van der Waals surface area contributed by atoms with Crippen LogP contribution >= 0.6 is 0 Å². The van der Waals surface area contributed by atoms with Gasteiger partial charge in [-0.15, -0.1) is 0 Å². The highest BCUT2D eigenvalue weighted by atomic mass is 16.3. The van der Waals surface area contributed by atoms with Crippen molar-refractivity contribution in [3.8, 4) is 0 Å². The molecule has 13 heavy (non-hydrogen) atoms. The van der Waals surface area contributed by atoms with Crippen molar-refractivity contribution in [2.45, 2.75) is 65.9 Å². The van der Waals surface area contributed by atoms with Gasteiger partial charge in [0.15, 0.2) is 0 Å². The van der Waals surface area contributed by atoms with Crippen molar-refractivity contribution in [3.63, 3.8) is 0 Å². The molecule has 0 saturated heterocycles. The molecule has 0 aliphatic carbocycles. The van der Waals surface area contributed by atoms with Gasteiger partial charge < -0.3 is 5.11 Å². The molecule has 1 unspecified atom stereocenters. The Morgan fingerprint density at radius 1 is 1.15 bits per heavy atom. The summed E-state index contributed by atoms with van der Waals surface area (Å²) in [4.78, 5) is 0. The third-order valence-corrected chi connectivity index (χ3v) is 2.60. The average molecular weight is 184 g/mol. The highest BCUT2D eigenvalue weighted by Crippen LogP contribution is 2.14. The molecule has 0 aromatic rings. The molecule has 0 amide bonds. The topological polar surface area (TPSA) is 20.2 Å². The van der Waals surface area contributed by atoms with Gasteiger partial charge in [-0.1, -0.05) is 30.9 Å². The lowest BCUT2D eigenvalue weighted by atomic mass is 10.0. The van der Waals surface area contributed by atoms with E-state index in [9.17, 15) is 5.11 Å². The average Bonchev–Trinajstić information content (AvgIpc) is 2.10. The molecule has 0 fully saturated rings. The molecule has 0 bridgehead atoms. The Morgan fingerprint density at radius 2 is 1.77 bits per heavy atom. The Hall–Kier alpha value is -0.300. The van der Waals surface area contributed by atoms with Crippen molar-refractivity contribution >= 4 is 0 Å². The SMILES string of the molecule is CCCCC(O)CCC(C)=C(C)C. The molecule has 1 heteroatoms. The molecule has 1 N–H and O–H groups in total. The minimum Gasteiger partial charge on any atom is -0.393 e. The molecular formula is C12H24O. The first-order valence-electron chi connectivity index (χ1n) is 5.39. The summed E-state index contributed by atoms with van der Waals surface area (Å²) in [6.45, 7) is 8.58. The van der Waals surface area contributed by atoms with Crippen LogP contribution in [0.2, 0.25) is 0 Å². The van der Waals surface area contributed by atoms with E-state index in [-0.39, 0.29) is 6.10 Å². The van der Waals surface area contributed by atoms with Crippen molar-refractivity contribution in [3.05, 3.63) is 11.1 Å². The third-order valence-electron chi connectivity index (χ3n) is 2.60. The van der Waals surface area contributed by atoms with Gasteiger partial charge >= 0.3 is 0 Å². The lowest BCUT2D eigenvalue weighted by molar-refractivity contribution is 0.152. The van der Waals surface area contributed by atoms with Crippen LogP contribution in [0.5, 0.6) is 0 Å². The summed E-state index contributed by atoms with van der Waals surface area (Å²) in [7, 11) is 0. The maximum atomic E-state index is 9.59. The molecule has 0 heterocycles. The number of aliphatic hydroxyl groups is 1. The summed E-state index contributed by atoms with van der Waals surface area (Å²) < 4.78 is 0. The van der Waals surface area contributed by atoms with E-state index in [1.165, 1.54) is 17.6 Å². The minimum atomic E-state index is -0.0887. The number of allylic oxidation sites excluding steroid dienone is 2. The molecule has 0 saturated carbocycles. The van der Waals surface area contributed by atoms with Gasteiger partial charge in [-0.3, -0.25) is 0 Å². The molecule has 0 aromatic carbocycles. The summed E-state index contributed by atoms with van der Waals surface area (Å²) in [5.74, 6) is 0. The molecule has 1 atom stereocenters. The van der Waals surface area contributed by atoms with Crippen LogP contribution in [-0.2, 0) is 0 Å². The van der Waals surface area contributed by atoms with Gasteiger partial charge in [0.05, 0.1) is 6.10 Å². The van der Waals surface area contributed by atoms with Gasteiger partial charge in [0.1, 0.15) is 0 Å². The minimum absolute atomic E-state index is 0.0887. The molecule has 78 valence electrons. The van der Waals surface area contributed by atoms with E-state index in [0.29, 0.717) is 0 Å². The van der Waals surface area contributed by atoms with E-state index in [0.717, 1.165) is 25.7 Å². The van der Waals surface area contributed by atoms with E-state index >= 15 is 0 Å². The zero-order chi connectivity index (χ0) is 10.3. The standard InChI is InChI=1S/C12H24O/c1-5-6-7-12(13)9-8-11(4)10(2)3/h12-13H,5-9H2,1-4H3. The Labute approximate surface area is 82.9 Å². The van der Waals surface area contributed by atoms with E-state index in [1.807, 2.05) is 0 Å². The van der Waals surface area contributed by atoms with Gasteiger partial charge in [-0.2, -0.15) is 0 Å². The second-order valence-electron chi connectivity index (χ2n) is 4.12. The van der Waals surface area contributed by atoms with Crippen LogP contribution in [0.25, 0.3) is 0 Å². The number of rotatable bonds is 6. The van der Waals surface area contributed by atoms with Crippen molar-refractivity contribution in [1.29, 1.82) is 0 Å². The molecule has 0 aromatic heterocycles. The fourth-order valence-corrected chi connectivity index (χ4v) is 1.22. The molecule has 0 aliphatic heterocycles. The molecular weight excluding hydrogens is 160 g/mol. The van der Waals surface area contributed by atoms with Crippen molar-refractivity contribution in [1.82, 2.24) is 0 Å². The van der Waals surface area contributed by atoms with Crippen LogP contribution in [-0.4, -0.2) is 11.2 Å². The predicted octanol–water partition coefficient (Wildman–Crippen LogP) is 3.67. The normalized spacial score (nSPS) is 12.7. The van der Waals surface area contributed by atoms with Gasteiger partial charge in [0, 0.05) is 0 Å². The van der Waals surface area contributed by atoms with Crippen molar-refractivity contribution in [2.24, 2.45) is 0 Å². The van der Waals surface area contributed by atoms with Crippen LogP contribution in [0.3, 0.4) is 0 Å². The largest absolute Gasteiger partial charge is 0.393 e. The van der Waals surface area contributed by atoms with E-state index < -0.39 is 0 Å². The van der Waals surface area contributed by atoms with E-state index in [1.54, 1.807) is 0 Å². The first-order chi connectivity index (χ1) is 6.07. The summed E-state index contributed by atoms with van der Waals surface area (Å²) in [5, 5.41) is 9.59. The summed E-state index contributed by atoms with van der Waals surface area (Å²) in [6, 6.07) is 0. The Morgan fingerprint density at radius 3 is 2.23 bits per heavy atom. The molecule has 0 radical (unpaired) electrons. The Bertz CT molecular complexity index is 155. The van der Waals surface area contributed by atoms with Crippen molar-refractivity contribution in [2.75, 3.05) is 0 Å². The number of hydrogen-bond donors (Lipinski definition) is 1. The summed E-state index contributed by atoms with van der Waals surface area (Å²) >= 11 is 0. The van der Waals surface area contributed by atoms with Crippen molar-refractivity contribution < 1.29 is 5.11 Å². The maximum absolute atomic E-state index is 9.59. The van der Waals surface area contributed by atoms with Gasteiger partial charge in [-0.25, -0.2) is 0 Å². The number of aliphatic hydroxyl groups excluding tert-OH is 1. The quantitative estimate of drug-likeness (QED) is 0.624. The third kappa shape index (κ3) is 6.83. The number of hydrogen-bond acceptors (Lipinski definition) is 1. The second-order valence-corrected chi connectivity index (χ2v) is 4.12. The molecule has 0 spiro atoms. The first kappa shape index (κ1) is 12.7. The molecule has 0 aliphatic rings. The zero-order valence-electron chi connectivity index (χ0n) is 9.56. The zero-order valence-corrected chi connectivity index (χ0v) is 9.56.